The average Bonchev–Trinajstić information content (AvgIpc) is 2.69. The lowest BCUT2D eigenvalue weighted by Crippen LogP contribution is -3.10. The summed E-state index contributed by atoms with van der Waals surface area (Å²) in [6.45, 7) is 2.12. The number of fused-ring (bicyclic) bond motifs is 5. The third-order valence-electron chi connectivity index (χ3n) is 4.88. The molecule has 0 radical (unpaired) electrons. The minimum Gasteiger partial charge on any atom is -0.445 e. The molecule has 4 aromatic rings. The highest BCUT2D eigenvalue weighted by Crippen LogP contribution is 2.31. The van der Waals surface area contributed by atoms with Gasteiger partial charge < -0.3 is 9.15 Å². The van der Waals surface area contributed by atoms with Gasteiger partial charge in [0.1, 0.15) is 18.8 Å². The van der Waals surface area contributed by atoms with Crippen LogP contribution in [0.3, 0.4) is 0 Å². The van der Waals surface area contributed by atoms with E-state index in [4.69, 9.17) is 9.15 Å². The topological polar surface area (TPSA) is 56.8 Å². The molecule has 2 aromatic heterocycles. The van der Waals surface area contributed by atoms with Crippen molar-refractivity contribution in [3.63, 3.8) is 0 Å². The highest BCUT2D eigenvalue weighted by molar-refractivity contribution is 6.05. The first-order valence-corrected chi connectivity index (χ1v) is 8.62. The number of quaternary nitrogens is 1. The lowest BCUT2D eigenvalue weighted by atomic mass is 10.0. The van der Waals surface area contributed by atoms with Crippen LogP contribution in [0.5, 0.6) is 5.75 Å². The number of hydrogen-bond donors (Lipinski definition) is 1. The van der Waals surface area contributed by atoms with E-state index in [1.807, 2.05) is 42.6 Å². The van der Waals surface area contributed by atoms with Crippen molar-refractivity contribution in [2.24, 2.45) is 0 Å². The van der Waals surface area contributed by atoms with Crippen molar-refractivity contribution in [1.82, 2.24) is 4.98 Å². The van der Waals surface area contributed by atoms with Crippen LogP contribution in [0.15, 0.2) is 70.1 Å². The van der Waals surface area contributed by atoms with Crippen molar-refractivity contribution >= 4 is 21.7 Å². The Morgan fingerprint density at radius 3 is 2.73 bits per heavy atom. The maximum absolute atomic E-state index is 12.4. The molecule has 0 amide bonds. The molecule has 0 aliphatic carbocycles. The number of hydrogen-bond acceptors (Lipinski definition) is 4. The monoisotopic (exact) mass is 345 g/mol. The van der Waals surface area contributed by atoms with Crippen LogP contribution in [-0.2, 0) is 13.1 Å². The fraction of sp³-hybridized carbons (Fsp3) is 0.143. The summed E-state index contributed by atoms with van der Waals surface area (Å²) in [4.78, 5) is 17.8. The molecule has 5 nitrogen and oxygen atoms in total. The quantitative estimate of drug-likeness (QED) is 0.447. The van der Waals surface area contributed by atoms with E-state index in [-0.39, 0.29) is 5.63 Å². The Morgan fingerprint density at radius 2 is 1.88 bits per heavy atom. The first-order valence-electron chi connectivity index (χ1n) is 8.62. The average molecular weight is 345 g/mol. The van der Waals surface area contributed by atoms with Gasteiger partial charge in [0.2, 0.25) is 6.73 Å². The van der Waals surface area contributed by atoms with E-state index in [0.29, 0.717) is 17.7 Å². The second-order valence-electron chi connectivity index (χ2n) is 6.61. The number of pyridine rings is 1. The van der Waals surface area contributed by atoms with Crippen molar-refractivity contribution in [1.29, 1.82) is 0 Å². The molecule has 128 valence electrons. The van der Waals surface area contributed by atoms with Crippen LogP contribution in [0.1, 0.15) is 11.1 Å². The Kier molecular flexibility index (Phi) is 3.47. The van der Waals surface area contributed by atoms with Gasteiger partial charge in [-0.25, -0.2) is 4.79 Å². The van der Waals surface area contributed by atoms with Gasteiger partial charge in [0.15, 0.2) is 5.58 Å². The molecule has 0 saturated heterocycles. The molecular weight excluding hydrogens is 328 g/mol. The van der Waals surface area contributed by atoms with E-state index >= 15 is 0 Å². The molecule has 5 rings (SSSR count). The van der Waals surface area contributed by atoms with Crippen LogP contribution < -0.4 is 15.3 Å². The summed E-state index contributed by atoms with van der Waals surface area (Å²) in [5.41, 5.74) is 2.44. The number of rotatable bonds is 2. The summed E-state index contributed by atoms with van der Waals surface area (Å²) in [6.07, 6.45) is 3.65. The van der Waals surface area contributed by atoms with E-state index in [9.17, 15) is 4.79 Å². The zero-order valence-corrected chi connectivity index (χ0v) is 14.1. The van der Waals surface area contributed by atoms with Crippen molar-refractivity contribution in [3.8, 4) is 5.75 Å². The Balaban J connectivity index is 1.62. The summed E-state index contributed by atoms with van der Waals surface area (Å²) in [5.74, 6) is 0.797. The number of benzene rings is 2. The van der Waals surface area contributed by atoms with Crippen LogP contribution in [-0.4, -0.2) is 11.7 Å². The SMILES string of the molecule is O=c1oc2c3c(ccc2c2ccccc12)OC[NH+](Cc1cccnc1)C3. The van der Waals surface area contributed by atoms with Gasteiger partial charge in [0, 0.05) is 23.3 Å². The third-order valence-corrected chi connectivity index (χ3v) is 4.88. The normalized spacial score (nSPS) is 16.4. The first-order chi connectivity index (χ1) is 12.8. The van der Waals surface area contributed by atoms with Gasteiger partial charge >= 0.3 is 5.63 Å². The predicted molar refractivity (Wildman–Crippen MR) is 98.1 cm³/mol. The smallest absolute Gasteiger partial charge is 0.344 e. The predicted octanol–water partition coefficient (Wildman–Crippen LogP) is 2.28. The molecule has 3 heterocycles. The number of nitrogens with zero attached hydrogens (tertiary/aromatic N) is 1. The third kappa shape index (κ3) is 2.45. The standard InChI is InChI=1S/C21H16N2O3/c24-21-17-6-2-1-5-15(17)16-7-8-19-18(20(16)26-21)12-23(13-25-19)11-14-4-3-9-22-10-14/h1-10H,11-13H2/p+1. The Morgan fingerprint density at radius 1 is 1.00 bits per heavy atom. The Labute approximate surface area is 149 Å². The van der Waals surface area contributed by atoms with Crippen molar-refractivity contribution in [3.05, 3.63) is 82.5 Å². The molecule has 26 heavy (non-hydrogen) atoms. The first kappa shape index (κ1) is 15.1. The molecule has 1 aliphatic heterocycles. The molecule has 0 spiro atoms. The molecular formula is C21H17N2O3+. The number of ether oxygens (including phenoxy) is 1. The minimum atomic E-state index is -0.305. The van der Waals surface area contributed by atoms with E-state index in [1.165, 1.54) is 4.90 Å². The number of aromatic nitrogens is 1. The van der Waals surface area contributed by atoms with E-state index in [1.54, 1.807) is 12.3 Å². The van der Waals surface area contributed by atoms with Crippen LogP contribution in [0.4, 0.5) is 0 Å². The van der Waals surface area contributed by atoms with Crippen LogP contribution >= 0.6 is 0 Å². The van der Waals surface area contributed by atoms with Crippen molar-refractivity contribution in [2.45, 2.75) is 13.1 Å². The van der Waals surface area contributed by atoms with Crippen LogP contribution in [0, 0.1) is 0 Å². The lowest BCUT2D eigenvalue weighted by molar-refractivity contribution is -0.945. The molecule has 2 aromatic carbocycles. The summed E-state index contributed by atoms with van der Waals surface area (Å²) in [6, 6.07) is 15.5. The fourth-order valence-corrected chi connectivity index (χ4v) is 3.67. The maximum atomic E-state index is 12.4. The van der Waals surface area contributed by atoms with E-state index in [0.717, 1.165) is 40.7 Å². The Bertz CT molecular complexity index is 1170. The molecule has 0 saturated carbocycles. The zero-order chi connectivity index (χ0) is 17.5. The van der Waals surface area contributed by atoms with Gasteiger partial charge in [-0.15, -0.1) is 0 Å². The summed E-state index contributed by atoms with van der Waals surface area (Å²) < 4.78 is 11.7. The molecule has 0 fully saturated rings. The summed E-state index contributed by atoms with van der Waals surface area (Å²) in [7, 11) is 0. The molecule has 1 atom stereocenters. The minimum absolute atomic E-state index is 0.305. The van der Waals surface area contributed by atoms with Crippen LogP contribution in [0.2, 0.25) is 0 Å². The van der Waals surface area contributed by atoms with Gasteiger partial charge in [-0.1, -0.05) is 24.3 Å². The lowest BCUT2D eigenvalue weighted by Gasteiger charge is -2.26. The highest BCUT2D eigenvalue weighted by atomic mass is 16.5. The van der Waals surface area contributed by atoms with Gasteiger partial charge in [0.05, 0.1) is 10.9 Å². The largest absolute Gasteiger partial charge is 0.445 e. The second kappa shape index (κ2) is 5.97. The summed E-state index contributed by atoms with van der Waals surface area (Å²) in [5, 5.41) is 2.47. The van der Waals surface area contributed by atoms with Gasteiger partial charge in [-0.3, -0.25) is 9.88 Å². The van der Waals surface area contributed by atoms with Gasteiger partial charge in [-0.2, -0.15) is 0 Å². The van der Waals surface area contributed by atoms with Gasteiger partial charge in [-0.05, 0) is 29.7 Å². The highest BCUT2D eigenvalue weighted by Gasteiger charge is 2.25. The molecule has 5 heteroatoms. The van der Waals surface area contributed by atoms with Crippen molar-refractivity contribution < 1.29 is 14.1 Å². The van der Waals surface area contributed by atoms with Gasteiger partial charge in [0.25, 0.3) is 0 Å². The number of nitrogens with one attached hydrogen (secondary N) is 1. The molecule has 1 aliphatic rings. The molecule has 1 unspecified atom stereocenters. The molecule has 0 bridgehead atoms. The summed E-state index contributed by atoms with van der Waals surface area (Å²) >= 11 is 0. The van der Waals surface area contributed by atoms with Crippen molar-refractivity contribution in [2.75, 3.05) is 6.73 Å². The van der Waals surface area contributed by atoms with Crippen LogP contribution in [0.25, 0.3) is 21.7 Å². The van der Waals surface area contributed by atoms with E-state index < -0.39 is 0 Å². The second-order valence-corrected chi connectivity index (χ2v) is 6.61. The maximum Gasteiger partial charge on any atom is 0.344 e. The van der Waals surface area contributed by atoms with E-state index in [2.05, 4.69) is 11.1 Å². The Hall–Kier alpha value is -3.18. The fourth-order valence-electron chi connectivity index (χ4n) is 3.67. The molecule has 1 N–H and O–H groups in total. The zero-order valence-electron chi connectivity index (χ0n) is 14.1.